The molecule has 2 nitrogen and oxygen atoms in total. The Labute approximate surface area is 97.5 Å². The summed E-state index contributed by atoms with van der Waals surface area (Å²) in [5.74, 6) is -0.753. The standard InChI is InChI=1S/C11H13IO2/c1-11(2,10(13)14)7-8-5-3-4-6-9(8)12/h3-6H,7H2,1-2H3,(H,13,14). The summed E-state index contributed by atoms with van der Waals surface area (Å²) < 4.78 is 1.12. The Kier molecular flexibility index (Phi) is 3.53. The van der Waals surface area contributed by atoms with Crippen LogP contribution in [-0.2, 0) is 11.2 Å². The second kappa shape index (κ2) is 4.29. The molecule has 0 unspecified atom stereocenters. The van der Waals surface area contributed by atoms with E-state index in [1.165, 1.54) is 0 Å². The van der Waals surface area contributed by atoms with E-state index >= 15 is 0 Å². The van der Waals surface area contributed by atoms with E-state index in [-0.39, 0.29) is 0 Å². The van der Waals surface area contributed by atoms with Gasteiger partial charge < -0.3 is 5.11 Å². The van der Waals surface area contributed by atoms with Gasteiger partial charge in [-0.15, -0.1) is 0 Å². The average Bonchev–Trinajstić information content (AvgIpc) is 2.08. The number of rotatable bonds is 3. The van der Waals surface area contributed by atoms with Crippen molar-refractivity contribution in [2.45, 2.75) is 20.3 Å². The molecule has 1 N–H and O–H groups in total. The van der Waals surface area contributed by atoms with Crippen LogP contribution < -0.4 is 0 Å². The molecule has 0 aliphatic rings. The van der Waals surface area contributed by atoms with Gasteiger partial charge >= 0.3 is 5.97 Å². The van der Waals surface area contributed by atoms with Crippen LogP contribution in [0.2, 0.25) is 0 Å². The molecule has 0 spiro atoms. The van der Waals surface area contributed by atoms with Gasteiger partial charge in [0.2, 0.25) is 0 Å². The van der Waals surface area contributed by atoms with E-state index in [1.54, 1.807) is 13.8 Å². The zero-order chi connectivity index (χ0) is 10.8. The lowest BCUT2D eigenvalue weighted by molar-refractivity contribution is -0.146. The van der Waals surface area contributed by atoms with Crippen LogP contribution in [0.3, 0.4) is 0 Å². The maximum Gasteiger partial charge on any atom is 0.309 e. The molecule has 0 bridgehead atoms. The van der Waals surface area contributed by atoms with E-state index in [0.29, 0.717) is 6.42 Å². The number of hydrogen-bond acceptors (Lipinski definition) is 1. The molecule has 76 valence electrons. The number of carboxylic acid groups (broad SMARTS) is 1. The number of aliphatic carboxylic acids is 1. The summed E-state index contributed by atoms with van der Waals surface area (Å²) >= 11 is 2.23. The van der Waals surface area contributed by atoms with E-state index in [2.05, 4.69) is 22.6 Å². The van der Waals surface area contributed by atoms with Crippen LogP contribution in [-0.4, -0.2) is 11.1 Å². The van der Waals surface area contributed by atoms with Gasteiger partial charge in [-0.3, -0.25) is 4.79 Å². The smallest absolute Gasteiger partial charge is 0.309 e. The van der Waals surface area contributed by atoms with Crippen LogP contribution in [0, 0.1) is 8.99 Å². The fourth-order valence-corrected chi connectivity index (χ4v) is 1.77. The minimum atomic E-state index is -0.753. The molecule has 0 saturated heterocycles. The first-order chi connectivity index (χ1) is 6.43. The number of carboxylic acids is 1. The topological polar surface area (TPSA) is 37.3 Å². The minimum Gasteiger partial charge on any atom is -0.481 e. The Morgan fingerprint density at radius 2 is 2.00 bits per heavy atom. The molecule has 0 fully saturated rings. The lowest BCUT2D eigenvalue weighted by atomic mass is 9.86. The summed E-state index contributed by atoms with van der Waals surface area (Å²) in [6.07, 6.45) is 0.571. The minimum absolute atomic E-state index is 0.571. The zero-order valence-electron chi connectivity index (χ0n) is 8.25. The van der Waals surface area contributed by atoms with Crippen molar-refractivity contribution in [2.24, 2.45) is 5.41 Å². The van der Waals surface area contributed by atoms with Crippen LogP contribution in [0.4, 0.5) is 0 Å². The lowest BCUT2D eigenvalue weighted by Gasteiger charge is -2.19. The summed E-state index contributed by atoms with van der Waals surface area (Å²) in [5.41, 5.74) is 0.405. The highest BCUT2D eigenvalue weighted by molar-refractivity contribution is 14.1. The molecule has 0 heterocycles. The van der Waals surface area contributed by atoms with Crippen LogP contribution in [0.1, 0.15) is 19.4 Å². The molecular formula is C11H13IO2. The van der Waals surface area contributed by atoms with Gasteiger partial charge in [-0.05, 0) is 54.5 Å². The first-order valence-electron chi connectivity index (χ1n) is 4.40. The van der Waals surface area contributed by atoms with E-state index < -0.39 is 11.4 Å². The fraction of sp³-hybridized carbons (Fsp3) is 0.364. The molecule has 0 aliphatic heterocycles. The SMILES string of the molecule is CC(C)(Cc1ccccc1I)C(=O)O. The monoisotopic (exact) mass is 304 g/mol. The molecule has 3 heteroatoms. The number of halogens is 1. The van der Waals surface area contributed by atoms with Crippen molar-refractivity contribution < 1.29 is 9.90 Å². The zero-order valence-corrected chi connectivity index (χ0v) is 10.4. The summed E-state index contributed by atoms with van der Waals surface area (Å²) in [6.45, 7) is 3.50. The summed E-state index contributed by atoms with van der Waals surface area (Å²) in [4.78, 5) is 10.9. The molecule has 0 atom stereocenters. The van der Waals surface area contributed by atoms with Crippen LogP contribution >= 0.6 is 22.6 Å². The van der Waals surface area contributed by atoms with Crippen molar-refractivity contribution in [1.82, 2.24) is 0 Å². The normalized spacial score (nSPS) is 11.4. The van der Waals surface area contributed by atoms with Gasteiger partial charge in [0, 0.05) is 3.57 Å². The Morgan fingerprint density at radius 3 is 2.50 bits per heavy atom. The molecule has 1 rings (SSSR count). The number of hydrogen-bond donors (Lipinski definition) is 1. The third-order valence-corrected chi connectivity index (χ3v) is 3.22. The highest BCUT2D eigenvalue weighted by Gasteiger charge is 2.27. The molecule has 1 aromatic carbocycles. The Morgan fingerprint density at radius 1 is 1.43 bits per heavy atom. The molecule has 0 amide bonds. The molecule has 1 aromatic rings. The van der Waals surface area contributed by atoms with Crippen molar-refractivity contribution >= 4 is 28.6 Å². The van der Waals surface area contributed by atoms with Gasteiger partial charge in [-0.1, -0.05) is 18.2 Å². The van der Waals surface area contributed by atoms with Crippen LogP contribution in [0.5, 0.6) is 0 Å². The van der Waals surface area contributed by atoms with E-state index in [4.69, 9.17) is 5.11 Å². The Balaban J connectivity index is 2.89. The van der Waals surface area contributed by atoms with Gasteiger partial charge in [0.1, 0.15) is 0 Å². The molecule has 0 aliphatic carbocycles. The van der Waals surface area contributed by atoms with Crippen molar-refractivity contribution in [2.75, 3.05) is 0 Å². The molecule has 14 heavy (non-hydrogen) atoms. The Bertz CT molecular complexity index is 345. The van der Waals surface area contributed by atoms with Crippen molar-refractivity contribution in [3.63, 3.8) is 0 Å². The summed E-state index contributed by atoms with van der Waals surface area (Å²) in [7, 11) is 0. The largest absolute Gasteiger partial charge is 0.481 e. The number of benzene rings is 1. The first-order valence-corrected chi connectivity index (χ1v) is 5.48. The second-order valence-electron chi connectivity index (χ2n) is 3.96. The lowest BCUT2D eigenvalue weighted by Crippen LogP contribution is -2.26. The maximum absolute atomic E-state index is 10.9. The molecule has 0 radical (unpaired) electrons. The second-order valence-corrected chi connectivity index (χ2v) is 5.12. The third kappa shape index (κ3) is 2.70. The van der Waals surface area contributed by atoms with Crippen molar-refractivity contribution in [1.29, 1.82) is 0 Å². The first kappa shape index (κ1) is 11.5. The van der Waals surface area contributed by atoms with E-state index in [1.807, 2.05) is 24.3 Å². The molecule has 0 saturated carbocycles. The Hall–Kier alpha value is -0.580. The van der Waals surface area contributed by atoms with Gasteiger partial charge in [-0.25, -0.2) is 0 Å². The highest BCUT2D eigenvalue weighted by atomic mass is 127. The van der Waals surface area contributed by atoms with Crippen LogP contribution in [0.25, 0.3) is 0 Å². The van der Waals surface area contributed by atoms with Gasteiger partial charge in [0.15, 0.2) is 0 Å². The molecule has 0 aromatic heterocycles. The quantitative estimate of drug-likeness (QED) is 0.872. The predicted octanol–water partition coefficient (Wildman–Crippen LogP) is 2.94. The maximum atomic E-state index is 10.9. The van der Waals surface area contributed by atoms with Gasteiger partial charge in [0.25, 0.3) is 0 Å². The highest BCUT2D eigenvalue weighted by Crippen LogP contribution is 2.24. The average molecular weight is 304 g/mol. The van der Waals surface area contributed by atoms with Crippen molar-refractivity contribution in [3.8, 4) is 0 Å². The summed E-state index contributed by atoms with van der Waals surface area (Å²) in [5, 5.41) is 8.99. The van der Waals surface area contributed by atoms with E-state index in [9.17, 15) is 4.79 Å². The fourth-order valence-electron chi connectivity index (χ4n) is 1.19. The van der Waals surface area contributed by atoms with Crippen molar-refractivity contribution in [3.05, 3.63) is 33.4 Å². The predicted molar refractivity (Wildman–Crippen MR) is 64.3 cm³/mol. The van der Waals surface area contributed by atoms with Crippen LogP contribution in [0.15, 0.2) is 24.3 Å². The summed E-state index contributed by atoms with van der Waals surface area (Å²) in [6, 6.07) is 7.87. The third-order valence-electron chi connectivity index (χ3n) is 2.17. The molecular weight excluding hydrogens is 291 g/mol. The van der Waals surface area contributed by atoms with Gasteiger partial charge in [-0.2, -0.15) is 0 Å². The van der Waals surface area contributed by atoms with Gasteiger partial charge in [0.05, 0.1) is 5.41 Å². The number of carbonyl (C=O) groups is 1. The van der Waals surface area contributed by atoms with E-state index in [0.717, 1.165) is 9.13 Å².